The van der Waals surface area contributed by atoms with Crippen molar-refractivity contribution in [3.8, 4) is 0 Å². The third kappa shape index (κ3) is 3.49. The number of para-hydroxylation sites is 1. The molecule has 0 saturated carbocycles. The van der Waals surface area contributed by atoms with E-state index in [4.69, 9.17) is 5.73 Å². The van der Waals surface area contributed by atoms with Crippen LogP contribution in [0, 0.1) is 5.82 Å². The highest BCUT2D eigenvalue weighted by molar-refractivity contribution is 7.13. The van der Waals surface area contributed by atoms with E-state index in [2.05, 4.69) is 15.6 Å². The van der Waals surface area contributed by atoms with Crippen LogP contribution in [-0.2, 0) is 0 Å². The molecule has 0 bridgehead atoms. The fraction of sp³-hybridized carbons (Fsp3) is 0.167. The van der Waals surface area contributed by atoms with Gasteiger partial charge < -0.3 is 11.1 Å². The highest BCUT2D eigenvalue weighted by Gasteiger charge is 2.10. The second kappa shape index (κ2) is 5.77. The number of rotatable bonds is 3. The second-order valence-corrected chi connectivity index (χ2v) is 4.78. The predicted molar refractivity (Wildman–Crippen MR) is 73.8 cm³/mol. The van der Waals surface area contributed by atoms with E-state index in [1.807, 2.05) is 0 Å². The van der Waals surface area contributed by atoms with Crippen LogP contribution in [0.5, 0.6) is 0 Å². The monoisotopic (exact) mass is 280 g/mol. The van der Waals surface area contributed by atoms with E-state index in [9.17, 15) is 9.18 Å². The molecule has 5 nitrogen and oxygen atoms in total. The second-order valence-electron chi connectivity index (χ2n) is 3.93. The summed E-state index contributed by atoms with van der Waals surface area (Å²) in [6, 6.07) is 5.19. The number of nitrogens with zero attached hydrogens (tertiary/aromatic N) is 1. The SMILES string of the molecule is CC(N)c1csc(NC(=O)Nc2ccccc2F)n1. The summed E-state index contributed by atoms with van der Waals surface area (Å²) in [6.07, 6.45) is 0. The fourth-order valence-electron chi connectivity index (χ4n) is 1.37. The lowest BCUT2D eigenvalue weighted by Gasteiger charge is -2.06. The maximum absolute atomic E-state index is 13.3. The van der Waals surface area contributed by atoms with Crippen LogP contribution in [0.1, 0.15) is 18.7 Å². The Labute approximate surface area is 113 Å². The van der Waals surface area contributed by atoms with Crippen molar-refractivity contribution in [3.63, 3.8) is 0 Å². The molecule has 0 aliphatic heterocycles. The lowest BCUT2D eigenvalue weighted by atomic mass is 10.3. The van der Waals surface area contributed by atoms with E-state index in [0.717, 1.165) is 0 Å². The van der Waals surface area contributed by atoms with Gasteiger partial charge in [0.1, 0.15) is 5.82 Å². The molecule has 2 amide bonds. The van der Waals surface area contributed by atoms with Gasteiger partial charge in [-0.15, -0.1) is 11.3 Å². The minimum absolute atomic E-state index is 0.115. The molecule has 100 valence electrons. The average Bonchev–Trinajstić information content (AvgIpc) is 2.80. The normalized spacial score (nSPS) is 11.9. The Kier molecular flexibility index (Phi) is 4.08. The first-order valence-electron chi connectivity index (χ1n) is 5.60. The van der Waals surface area contributed by atoms with Crippen molar-refractivity contribution in [1.29, 1.82) is 0 Å². The largest absolute Gasteiger partial charge is 0.325 e. The summed E-state index contributed by atoms with van der Waals surface area (Å²) in [5, 5.41) is 7.12. The van der Waals surface area contributed by atoms with Gasteiger partial charge in [0.25, 0.3) is 0 Å². The molecule has 1 aromatic heterocycles. The first-order chi connectivity index (χ1) is 9.06. The summed E-state index contributed by atoms with van der Waals surface area (Å²) >= 11 is 1.26. The molecule has 1 aromatic carbocycles. The minimum atomic E-state index is -0.546. The average molecular weight is 280 g/mol. The molecule has 2 rings (SSSR count). The molecule has 0 aliphatic carbocycles. The summed E-state index contributed by atoms with van der Waals surface area (Å²) < 4.78 is 13.3. The summed E-state index contributed by atoms with van der Waals surface area (Å²) in [5.74, 6) is -0.493. The van der Waals surface area contributed by atoms with Crippen LogP contribution in [-0.4, -0.2) is 11.0 Å². The Morgan fingerprint density at radius 1 is 1.42 bits per heavy atom. The molecule has 0 radical (unpaired) electrons. The predicted octanol–water partition coefficient (Wildman–Crippen LogP) is 2.95. The van der Waals surface area contributed by atoms with E-state index in [1.165, 1.54) is 23.5 Å². The van der Waals surface area contributed by atoms with E-state index in [0.29, 0.717) is 10.8 Å². The zero-order valence-electron chi connectivity index (χ0n) is 10.2. The van der Waals surface area contributed by atoms with Gasteiger partial charge in [-0.1, -0.05) is 12.1 Å². The summed E-state index contributed by atoms with van der Waals surface area (Å²) in [4.78, 5) is 15.8. The number of aromatic nitrogens is 1. The first kappa shape index (κ1) is 13.4. The number of carbonyl (C=O) groups is 1. The highest BCUT2D eigenvalue weighted by Crippen LogP contribution is 2.19. The van der Waals surface area contributed by atoms with Crippen molar-refractivity contribution in [2.75, 3.05) is 10.6 Å². The molecule has 1 unspecified atom stereocenters. The number of nitrogens with two attached hydrogens (primary N) is 1. The smallest absolute Gasteiger partial charge is 0.323 e. The van der Waals surface area contributed by atoms with Crippen LogP contribution in [0.3, 0.4) is 0 Å². The zero-order valence-corrected chi connectivity index (χ0v) is 11.0. The van der Waals surface area contributed by atoms with Crippen LogP contribution in [0.25, 0.3) is 0 Å². The number of urea groups is 1. The Balaban J connectivity index is 1.99. The maximum atomic E-state index is 13.3. The molecule has 7 heteroatoms. The number of hydrogen-bond donors (Lipinski definition) is 3. The Bertz CT molecular complexity index is 585. The molecule has 0 spiro atoms. The molecular weight excluding hydrogens is 267 g/mol. The van der Waals surface area contributed by atoms with Gasteiger partial charge in [-0.05, 0) is 19.1 Å². The van der Waals surface area contributed by atoms with Crippen molar-refractivity contribution < 1.29 is 9.18 Å². The van der Waals surface area contributed by atoms with Crippen LogP contribution < -0.4 is 16.4 Å². The van der Waals surface area contributed by atoms with Gasteiger partial charge in [0.15, 0.2) is 5.13 Å². The van der Waals surface area contributed by atoms with E-state index < -0.39 is 11.8 Å². The molecule has 0 saturated heterocycles. The molecule has 19 heavy (non-hydrogen) atoms. The number of benzene rings is 1. The molecule has 1 heterocycles. The van der Waals surface area contributed by atoms with Crippen molar-refractivity contribution in [3.05, 3.63) is 41.2 Å². The van der Waals surface area contributed by atoms with Crippen molar-refractivity contribution >= 4 is 28.2 Å². The van der Waals surface area contributed by atoms with Gasteiger partial charge in [-0.2, -0.15) is 0 Å². The topological polar surface area (TPSA) is 80.0 Å². The van der Waals surface area contributed by atoms with Gasteiger partial charge >= 0.3 is 6.03 Å². The minimum Gasteiger partial charge on any atom is -0.323 e. The summed E-state index contributed by atoms with van der Waals surface area (Å²) in [7, 11) is 0. The zero-order chi connectivity index (χ0) is 13.8. The van der Waals surface area contributed by atoms with Crippen LogP contribution in [0.2, 0.25) is 0 Å². The van der Waals surface area contributed by atoms with Gasteiger partial charge in [0.05, 0.1) is 11.4 Å². The molecule has 2 aromatic rings. The maximum Gasteiger partial charge on any atom is 0.325 e. The van der Waals surface area contributed by atoms with E-state index in [-0.39, 0.29) is 11.7 Å². The van der Waals surface area contributed by atoms with Crippen molar-refractivity contribution in [2.45, 2.75) is 13.0 Å². The quantitative estimate of drug-likeness (QED) is 0.808. The third-order valence-electron chi connectivity index (χ3n) is 2.33. The number of nitrogens with one attached hydrogen (secondary N) is 2. The van der Waals surface area contributed by atoms with Gasteiger partial charge in [-0.25, -0.2) is 14.2 Å². The Morgan fingerprint density at radius 3 is 2.79 bits per heavy atom. The highest BCUT2D eigenvalue weighted by atomic mass is 32.1. The molecular formula is C12H13FN4OS. The van der Waals surface area contributed by atoms with Gasteiger partial charge in [-0.3, -0.25) is 5.32 Å². The molecule has 0 aliphatic rings. The lowest BCUT2D eigenvalue weighted by Crippen LogP contribution is -2.20. The summed E-state index contributed by atoms with van der Waals surface area (Å²) in [5.41, 5.74) is 6.48. The molecule has 1 atom stereocenters. The first-order valence-corrected chi connectivity index (χ1v) is 6.48. The van der Waals surface area contributed by atoms with E-state index in [1.54, 1.807) is 24.4 Å². The number of halogens is 1. The van der Waals surface area contributed by atoms with Crippen LogP contribution in [0.4, 0.5) is 20.0 Å². The third-order valence-corrected chi connectivity index (χ3v) is 3.11. The fourth-order valence-corrected chi connectivity index (χ4v) is 2.18. The van der Waals surface area contributed by atoms with E-state index >= 15 is 0 Å². The lowest BCUT2D eigenvalue weighted by molar-refractivity contribution is 0.262. The number of amides is 2. The van der Waals surface area contributed by atoms with Crippen molar-refractivity contribution in [2.24, 2.45) is 5.73 Å². The van der Waals surface area contributed by atoms with Gasteiger partial charge in [0, 0.05) is 11.4 Å². The van der Waals surface area contributed by atoms with Crippen LogP contribution in [0.15, 0.2) is 29.6 Å². The number of anilines is 2. The number of carbonyl (C=O) groups excluding carboxylic acids is 1. The molecule has 0 fully saturated rings. The van der Waals surface area contributed by atoms with Crippen molar-refractivity contribution in [1.82, 2.24) is 4.98 Å². The standard InChI is InChI=1S/C12H13FN4OS/c1-7(14)10-6-19-12(16-10)17-11(18)15-9-5-3-2-4-8(9)13/h2-7H,14H2,1H3,(H2,15,16,17,18). The number of hydrogen-bond acceptors (Lipinski definition) is 4. The Hall–Kier alpha value is -1.99. The van der Waals surface area contributed by atoms with Gasteiger partial charge in [0.2, 0.25) is 0 Å². The molecule has 4 N–H and O–H groups in total. The number of thiazole rings is 1. The Morgan fingerprint density at radius 2 is 2.16 bits per heavy atom. The van der Waals surface area contributed by atoms with Crippen LogP contribution >= 0.6 is 11.3 Å². The summed E-state index contributed by atoms with van der Waals surface area (Å²) in [6.45, 7) is 1.80.